The molecule has 0 unspecified atom stereocenters. The average Bonchev–Trinajstić information content (AvgIpc) is 2.43. The van der Waals surface area contributed by atoms with Gasteiger partial charge >= 0.3 is 0 Å². The minimum absolute atomic E-state index is 0.0754. The van der Waals surface area contributed by atoms with Gasteiger partial charge in [0.15, 0.2) is 0 Å². The normalized spacial score (nSPS) is 13.8. The molecule has 0 atom stereocenters. The summed E-state index contributed by atoms with van der Waals surface area (Å²) in [5.74, 6) is 1.31. The van der Waals surface area contributed by atoms with E-state index in [0.29, 0.717) is 12.1 Å². The van der Waals surface area contributed by atoms with Crippen molar-refractivity contribution in [3.8, 4) is 0 Å². The fourth-order valence-electron chi connectivity index (χ4n) is 2.37. The van der Waals surface area contributed by atoms with Crippen molar-refractivity contribution in [1.29, 1.82) is 0 Å². The highest BCUT2D eigenvalue weighted by Gasteiger charge is 2.16. The van der Waals surface area contributed by atoms with Gasteiger partial charge in [0.1, 0.15) is 0 Å². The summed E-state index contributed by atoms with van der Waals surface area (Å²) in [5.41, 5.74) is 9.76. The van der Waals surface area contributed by atoms with Crippen LogP contribution in [0.25, 0.3) is 0 Å². The van der Waals surface area contributed by atoms with Crippen molar-refractivity contribution in [2.24, 2.45) is 0 Å². The van der Waals surface area contributed by atoms with E-state index in [1.54, 1.807) is 0 Å². The number of unbranched alkanes of at least 4 members (excludes halogenated alkanes) is 2. The van der Waals surface area contributed by atoms with Crippen LogP contribution in [0.5, 0.6) is 0 Å². The summed E-state index contributed by atoms with van der Waals surface area (Å²) in [6.45, 7) is 0.948. The first-order chi connectivity index (χ1) is 9.70. The molecular weight excluding hydrogens is 270 g/mol. The zero-order chi connectivity index (χ0) is 14.4. The molecular formula is C15H23N3OS. The summed E-state index contributed by atoms with van der Waals surface area (Å²) in [6, 6.07) is 3.94. The van der Waals surface area contributed by atoms with E-state index in [1.807, 2.05) is 17.8 Å². The molecule has 5 heteroatoms. The smallest absolute Gasteiger partial charge is 0.224 e. The summed E-state index contributed by atoms with van der Waals surface area (Å²) in [6.07, 6.45) is 7.18. The van der Waals surface area contributed by atoms with Gasteiger partial charge in [-0.15, -0.1) is 0 Å². The molecule has 0 saturated heterocycles. The summed E-state index contributed by atoms with van der Waals surface area (Å²) in [7, 11) is 0. The molecule has 0 saturated carbocycles. The monoisotopic (exact) mass is 293 g/mol. The Balaban J connectivity index is 1.87. The Bertz CT molecular complexity index is 476. The standard InChI is InChI=1S/C15H23N3OS/c1-20-8-4-2-3-7-17-14-9-11-5-6-15(19)18-13(11)10-12(14)16/h9-10,17H,2-8,16H2,1H3,(H,18,19). The summed E-state index contributed by atoms with van der Waals surface area (Å²) < 4.78 is 0. The van der Waals surface area contributed by atoms with E-state index in [0.717, 1.165) is 30.8 Å². The molecule has 1 heterocycles. The number of hydrogen-bond acceptors (Lipinski definition) is 4. The van der Waals surface area contributed by atoms with Crippen molar-refractivity contribution >= 4 is 34.7 Å². The molecule has 1 aliphatic rings. The fourth-order valence-corrected chi connectivity index (χ4v) is 2.86. The first-order valence-corrected chi connectivity index (χ1v) is 8.55. The topological polar surface area (TPSA) is 67.2 Å². The molecule has 1 aromatic carbocycles. The van der Waals surface area contributed by atoms with Gasteiger partial charge in [-0.3, -0.25) is 4.79 Å². The molecule has 0 bridgehead atoms. The van der Waals surface area contributed by atoms with Crippen LogP contribution in [0.15, 0.2) is 12.1 Å². The Morgan fingerprint density at radius 3 is 2.95 bits per heavy atom. The minimum Gasteiger partial charge on any atom is -0.397 e. The largest absolute Gasteiger partial charge is 0.397 e. The maximum absolute atomic E-state index is 11.3. The van der Waals surface area contributed by atoms with Gasteiger partial charge < -0.3 is 16.4 Å². The number of benzene rings is 1. The number of nitrogen functional groups attached to an aromatic ring is 1. The second-order valence-electron chi connectivity index (χ2n) is 5.13. The number of aryl methyl sites for hydroxylation is 1. The Morgan fingerprint density at radius 2 is 2.15 bits per heavy atom. The van der Waals surface area contributed by atoms with Gasteiger partial charge in [0.25, 0.3) is 0 Å². The number of nitrogens with one attached hydrogen (secondary N) is 2. The number of anilines is 3. The number of amides is 1. The third-order valence-corrected chi connectivity index (χ3v) is 4.21. The molecule has 20 heavy (non-hydrogen) atoms. The number of rotatable bonds is 7. The molecule has 110 valence electrons. The van der Waals surface area contributed by atoms with Crippen LogP contribution in [-0.2, 0) is 11.2 Å². The van der Waals surface area contributed by atoms with Gasteiger partial charge in [-0.25, -0.2) is 0 Å². The van der Waals surface area contributed by atoms with Gasteiger partial charge in [-0.2, -0.15) is 11.8 Å². The van der Waals surface area contributed by atoms with Crippen molar-refractivity contribution in [1.82, 2.24) is 0 Å². The molecule has 1 aromatic rings. The number of fused-ring (bicyclic) bond motifs is 1. The van der Waals surface area contributed by atoms with Gasteiger partial charge in [-0.1, -0.05) is 6.42 Å². The van der Waals surface area contributed by atoms with Gasteiger partial charge in [0, 0.05) is 18.7 Å². The van der Waals surface area contributed by atoms with Crippen molar-refractivity contribution in [2.45, 2.75) is 32.1 Å². The Labute approximate surface area is 124 Å². The van der Waals surface area contributed by atoms with E-state index >= 15 is 0 Å². The lowest BCUT2D eigenvalue weighted by atomic mass is 10.0. The molecule has 4 nitrogen and oxygen atoms in total. The molecule has 0 aromatic heterocycles. The van der Waals surface area contributed by atoms with E-state index in [4.69, 9.17) is 5.73 Å². The van der Waals surface area contributed by atoms with Crippen molar-refractivity contribution in [3.05, 3.63) is 17.7 Å². The highest BCUT2D eigenvalue weighted by Crippen LogP contribution is 2.30. The minimum atomic E-state index is 0.0754. The third kappa shape index (κ3) is 4.07. The Kier molecular flexibility index (Phi) is 5.59. The first kappa shape index (κ1) is 15.0. The highest BCUT2D eigenvalue weighted by atomic mass is 32.2. The van der Waals surface area contributed by atoms with E-state index in [-0.39, 0.29) is 5.91 Å². The number of carbonyl (C=O) groups excluding carboxylic acids is 1. The van der Waals surface area contributed by atoms with Crippen molar-refractivity contribution < 1.29 is 4.79 Å². The Morgan fingerprint density at radius 1 is 1.30 bits per heavy atom. The number of nitrogens with two attached hydrogens (primary N) is 1. The fraction of sp³-hybridized carbons (Fsp3) is 0.533. The predicted octanol–water partition coefficient (Wildman–Crippen LogP) is 3.10. The molecule has 0 radical (unpaired) electrons. The van der Waals surface area contributed by atoms with Crippen molar-refractivity contribution in [3.63, 3.8) is 0 Å². The van der Waals surface area contributed by atoms with Crippen LogP contribution in [0.4, 0.5) is 17.1 Å². The van der Waals surface area contributed by atoms with Gasteiger partial charge in [0.2, 0.25) is 5.91 Å². The van der Waals surface area contributed by atoms with E-state index in [9.17, 15) is 4.79 Å². The zero-order valence-electron chi connectivity index (χ0n) is 12.0. The lowest BCUT2D eigenvalue weighted by Gasteiger charge is -2.19. The van der Waals surface area contributed by atoms with Crippen LogP contribution < -0.4 is 16.4 Å². The maximum Gasteiger partial charge on any atom is 0.224 e. The summed E-state index contributed by atoms with van der Waals surface area (Å²) in [4.78, 5) is 11.3. The van der Waals surface area contributed by atoms with Crippen LogP contribution in [0.1, 0.15) is 31.2 Å². The molecule has 0 spiro atoms. The van der Waals surface area contributed by atoms with E-state index < -0.39 is 0 Å². The molecule has 0 fully saturated rings. The molecule has 1 amide bonds. The second-order valence-corrected chi connectivity index (χ2v) is 6.11. The highest BCUT2D eigenvalue weighted by molar-refractivity contribution is 7.98. The predicted molar refractivity (Wildman–Crippen MR) is 88.5 cm³/mol. The summed E-state index contributed by atoms with van der Waals surface area (Å²) in [5, 5.41) is 6.28. The molecule has 0 aliphatic carbocycles. The average molecular weight is 293 g/mol. The zero-order valence-corrected chi connectivity index (χ0v) is 12.8. The van der Waals surface area contributed by atoms with Crippen LogP contribution in [-0.4, -0.2) is 24.5 Å². The number of carbonyl (C=O) groups is 1. The quantitative estimate of drug-likeness (QED) is 0.534. The van der Waals surface area contributed by atoms with Crippen LogP contribution >= 0.6 is 11.8 Å². The van der Waals surface area contributed by atoms with Crippen LogP contribution in [0, 0.1) is 0 Å². The second kappa shape index (κ2) is 7.43. The van der Waals surface area contributed by atoms with E-state index in [1.165, 1.54) is 24.2 Å². The number of thioether (sulfide) groups is 1. The lowest BCUT2D eigenvalue weighted by Crippen LogP contribution is -2.19. The SMILES string of the molecule is CSCCCCCNc1cc2c(cc1N)NC(=O)CC2. The number of hydrogen-bond donors (Lipinski definition) is 3. The summed E-state index contributed by atoms with van der Waals surface area (Å²) >= 11 is 1.90. The van der Waals surface area contributed by atoms with Gasteiger partial charge in [-0.05, 0) is 49.0 Å². The molecule has 4 N–H and O–H groups in total. The maximum atomic E-state index is 11.3. The molecule has 2 rings (SSSR count). The van der Waals surface area contributed by atoms with Crippen LogP contribution in [0.2, 0.25) is 0 Å². The third-order valence-electron chi connectivity index (χ3n) is 3.51. The van der Waals surface area contributed by atoms with E-state index in [2.05, 4.69) is 23.0 Å². The first-order valence-electron chi connectivity index (χ1n) is 7.16. The Hall–Kier alpha value is -1.36. The lowest BCUT2D eigenvalue weighted by molar-refractivity contribution is -0.116. The van der Waals surface area contributed by atoms with Gasteiger partial charge in [0.05, 0.1) is 11.4 Å². The van der Waals surface area contributed by atoms with Crippen molar-refractivity contribution in [2.75, 3.05) is 34.9 Å². The van der Waals surface area contributed by atoms with Crippen LogP contribution in [0.3, 0.4) is 0 Å². The molecule has 1 aliphatic heterocycles.